The molecule has 0 saturated carbocycles. The topological polar surface area (TPSA) is 104 Å². The van der Waals surface area contributed by atoms with Crippen LogP contribution in [0.1, 0.15) is 16.7 Å². The predicted octanol–water partition coefficient (Wildman–Crippen LogP) is 2.97. The number of hydrogen-bond donors (Lipinski definition) is 1. The number of quaternary nitrogens is 1. The SMILES string of the molecule is Cc1ccc(S(=O)(=O)[N+](CC(N)=O)(Cc2cc[n+]([O-])cc2)c2cccc(Cl)c2C)cc1. The van der Waals surface area contributed by atoms with Crippen LogP contribution in [-0.4, -0.2) is 20.9 Å². The minimum atomic E-state index is -4.18. The van der Waals surface area contributed by atoms with E-state index in [1.807, 2.05) is 6.92 Å². The molecule has 0 saturated heterocycles. The Balaban J connectivity index is 2.35. The van der Waals surface area contributed by atoms with E-state index in [2.05, 4.69) is 0 Å². The van der Waals surface area contributed by atoms with E-state index < -0.39 is 26.4 Å². The molecule has 2 N–H and O–H groups in total. The second-order valence-electron chi connectivity index (χ2n) is 7.41. The number of aryl methyl sites for hydroxylation is 1. The molecule has 0 aliphatic heterocycles. The van der Waals surface area contributed by atoms with Crippen molar-refractivity contribution in [1.82, 2.24) is 3.89 Å². The van der Waals surface area contributed by atoms with Gasteiger partial charge >= 0.3 is 10.0 Å². The third kappa shape index (κ3) is 4.41. The zero-order valence-corrected chi connectivity index (χ0v) is 18.7. The van der Waals surface area contributed by atoms with Crippen LogP contribution in [0, 0.1) is 19.1 Å². The number of nitrogens with two attached hydrogens (primary N) is 1. The molecule has 1 unspecified atom stereocenters. The second kappa shape index (κ2) is 8.66. The molecule has 0 fully saturated rings. The molecule has 2 aromatic carbocycles. The van der Waals surface area contributed by atoms with Gasteiger partial charge in [0.25, 0.3) is 5.91 Å². The monoisotopic (exact) mass is 460 g/mol. The summed E-state index contributed by atoms with van der Waals surface area (Å²) in [6.45, 7) is 2.92. The minimum absolute atomic E-state index is 0.0496. The fourth-order valence-corrected chi connectivity index (χ4v) is 5.70. The number of rotatable bonds is 7. The summed E-state index contributed by atoms with van der Waals surface area (Å²) in [5, 5.41) is 11.9. The van der Waals surface area contributed by atoms with Gasteiger partial charge < -0.3 is 10.9 Å². The number of aromatic nitrogens is 1. The zero-order chi connectivity index (χ0) is 22.8. The lowest BCUT2D eigenvalue weighted by Crippen LogP contribution is -2.57. The molecule has 1 amide bonds. The molecule has 1 atom stereocenters. The van der Waals surface area contributed by atoms with Crippen molar-refractivity contribution in [2.75, 3.05) is 6.54 Å². The van der Waals surface area contributed by atoms with Crippen molar-refractivity contribution in [3.8, 4) is 0 Å². The highest BCUT2D eigenvalue weighted by Gasteiger charge is 2.48. The number of sulfonamides is 1. The third-order valence-corrected chi connectivity index (χ3v) is 7.83. The van der Waals surface area contributed by atoms with Crippen LogP contribution in [-0.2, 0) is 21.4 Å². The van der Waals surface area contributed by atoms with Gasteiger partial charge in [0.1, 0.15) is 11.4 Å². The summed E-state index contributed by atoms with van der Waals surface area (Å²) in [6, 6.07) is 14.4. The van der Waals surface area contributed by atoms with Gasteiger partial charge in [-0.05, 0) is 32.0 Å². The van der Waals surface area contributed by atoms with Crippen LogP contribution in [0.5, 0.6) is 0 Å². The minimum Gasteiger partial charge on any atom is -0.619 e. The van der Waals surface area contributed by atoms with Crippen molar-refractivity contribution in [3.05, 3.63) is 93.9 Å². The molecule has 0 radical (unpaired) electrons. The molecule has 3 aromatic rings. The molecule has 0 aliphatic carbocycles. The van der Waals surface area contributed by atoms with Gasteiger partial charge in [-0.1, -0.05) is 35.4 Å². The Bertz CT molecular complexity index is 1210. The first-order valence-electron chi connectivity index (χ1n) is 9.47. The van der Waals surface area contributed by atoms with E-state index in [0.29, 0.717) is 26.6 Å². The molecule has 7 nitrogen and oxygen atoms in total. The molecule has 3 rings (SSSR count). The Morgan fingerprint density at radius 3 is 2.26 bits per heavy atom. The van der Waals surface area contributed by atoms with Gasteiger partial charge in [-0.25, -0.2) is 0 Å². The van der Waals surface area contributed by atoms with Crippen molar-refractivity contribution in [3.63, 3.8) is 0 Å². The molecule has 0 bridgehead atoms. The summed E-state index contributed by atoms with van der Waals surface area (Å²) in [5.41, 5.74) is 7.88. The van der Waals surface area contributed by atoms with E-state index in [0.717, 1.165) is 5.56 Å². The largest absolute Gasteiger partial charge is 0.619 e. The maximum atomic E-state index is 14.1. The van der Waals surface area contributed by atoms with Crippen LogP contribution in [0.25, 0.3) is 0 Å². The lowest BCUT2D eigenvalue weighted by Gasteiger charge is -2.36. The van der Waals surface area contributed by atoms with Crippen LogP contribution < -0.4 is 14.4 Å². The number of carbonyl (C=O) groups is 1. The van der Waals surface area contributed by atoms with Crippen LogP contribution in [0.3, 0.4) is 0 Å². The number of nitrogens with zero attached hydrogens (tertiary/aromatic N) is 2. The Morgan fingerprint density at radius 1 is 1.06 bits per heavy atom. The van der Waals surface area contributed by atoms with Crippen LogP contribution in [0.15, 0.2) is 71.9 Å². The average Bonchev–Trinajstić information content (AvgIpc) is 2.71. The average molecular weight is 461 g/mol. The maximum Gasteiger partial charge on any atom is 0.332 e. The molecule has 9 heteroatoms. The fraction of sp³-hybridized carbons (Fsp3) is 0.182. The van der Waals surface area contributed by atoms with Crippen molar-refractivity contribution < 1.29 is 17.9 Å². The first-order chi connectivity index (χ1) is 14.6. The molecule has 0 aliphatic rings. The Kier molecular flexibility index (Phi) is 6.35. The van der Waals surface area contributed by atoms with Crippen molar-refractivity contribution >= 4 is 33.2 Å². The number of carbonyl (C=O) groups excluding carboxylic acids is 1. The van der Waals surface area contributed by atoms with Gasteiger partial charge in [0.05, 0.1) is 0 Å². The van der Waals surface area contributed by atoms with Crippen LogP contribution in [0.4, 0.5) is 5.69 Å². The van der Waals surface area contributed by atoms with Crippen molar-refractivity contribution in [2.45, 2.75) is 25.3 Å². The van der Waals surface area contributed by atoms with Gasteiger partial charge in [-0.2, -0.15) is 17.0 Å². The van der Waals surface area contributed by atoms with Gasteiger partial charge in [-0.3, -0.25) is 4.79 Å². The molecule has 0 spiro atoms. The van der Waals surface area contributed by atoms with E-state index in [1.54, 1.807) is 37.3 Å². The lowest BCUT2D eigenvalue weighted by atomic mass is 10.1. The fourth-order valence-electron chi connectivity index (χ4n) is 3.57. The number of halogens is 1. The summed E-state index contributed by atoms with van der Waals surface area (Å²) >= 11 is 6.33. The van der Waals surface area contributed by atoms with E-state index in [1.165, 1.54) is 36.7 Å². The van der Waals surface area contributed by atoms with Gasteiger partial charge in [-0.15, -0.1) is 0 Å². The van der Waals surface area contributed by atoms with E-state index in [4.69, 9.17) is 17.3 Å². The summed E-state index contributed by atoms with van der Waals surface area (Å²) in [4.78, 5) is 12.3. The van der Waals surface area contributed by atoms with Crippen LogP contribution in [0.2, 0.25) is 5.02 Å². The van der Waals surface area contributed by atoms with E-state index in [9.17, 15) is 18.4 Å². The smallest absolute Gasteiger partial charge is 0.332 e. The summed E-state index contributed by atoms with van der Waals surface area (Å²) in [6.07, 6.45) is 2.55. The highest BCUT2D eigenvalue weighted by molar-refractivity contribution is 7.91. The Labute approximate surface area is 186 Å². The third-order valence-electron chi connectivity index (χ3n) is 5.18. The van der Waals surface area contributed by atoms with Gasteiger partial charge in [0.2, 0.25) is 0 Å². The maximum absolute atomic E-state index is 14.1. The Hall–Kier alpha value is -2.94. The molecular weight excluding hydrogens is 438 g/mol. The van der Waals surface area contributed by atoms with E-state index in [-0.39, 0.29) is 11.4 Å². The van der Waals surface area contributed by atoms with Crippen LogP contribution >= 0.6 is 11.6 Å². The number of pyridine rings is 1. The summed E-state index contributed by atoms with van der Waals surface area (Å²) in [7, 11) is -4.18. The number of primary amides is 1. The quantitative estimate of drug-likeness (QED) is 0.332. The standard InChI is InChI=1S/C22H22ClN3O4S/c1-16-6-8-19(9-7-16)31(29,30)26(15-22(24)27,14-18-10-12-25(28)13-11-18)21-5-3-4-20(23)17(21)2/h3-13H,14-15H2,1-2H3,(H-,24,27)/p+1. The molecule has 1 heterocycles. The van der Waals surface area contributed by atoms with E-state index >= 15 is 0 Å². The molecule has 1 aromatic heterocycles. The lowest BCUT2D eigenvalue weighted by molar-refractivity contribution is -0.605. The Morgan fingerprint density at radius 2 is 1.68 bits per heavy atom. The van der Waals surface area contributed by atoms with Gasteiger partial charge in [0.15, 0.2) is 24.6 Å². The van der Waals surface area contributed by atoms with Gasteiger partial charge in [0, 0.05) is 34.3 Å². The summed E-state index contributed by atoms with van der Waals surface area (Å²) < 4.78 is 28.0. The molecular formula is C22H23ClN3O4S+. The predicted molar refractivity (Wildman–Crippen MR) is 120 cm³/mol. The molecule has 31 heavy (non-hydrogen) atoms. The van der Waals surface area contributed by atoms with Crippen molar-refractivity contribution in [2.24, 2.45) is 5.73 Å². The van der Waals surface area contributed by atoms with Crippen molar-refractivity contribution in [1.29, 1.82) is 0 Å². The summed E-state index contributed by atoms with van der Waals surface area (Å²) in [5.74, 6) is -0.787. The second-order valence-corrected chi connectivity index (χ2v) is 9.94. The normalized spacial score (nSPS) is 13.5. The number of amides is 1. The highest BCUT2D eigenvalue weighted by atomic mass is 35.5. The highest BCUT2D eigenvalue weighted by Crippen LogP contribution is 2.39. The number of hydrogen-bond acceptors (Lipinski definition) is 4. The zero-order valence-electron chi connectivity index (χ0n) is 17.2. The number of benzene rings is 2. The molecule has 162 valence electrons. The first-order valence-corrected chi connectivity index (χ1v) is 11.3. The first kappa shape index (κ1) is 22.7.